The van der Waals surface area contributed by atoms with Crippen LogP contribution in [0.4, 0.5) is 0 Å². The van der Waals surface area contributed by atoms with Crippen LogP contribution in [0, 0.1) is 0 Å². The van der Waals surface area contributed by atoms with Gasteiger partial charge in [0.05, 0.1) is 32.0 Å². The van der Waals surface area contributed by atoms with Crippen molar-refractivity contribution in [3.8, 4) is 0 Å². The summed E-state index contributed by atoms with van der Waals surface area (Å²) in [5, 5.41) is 11.0. The number of ether oxygens (including phenoxy) is 1. The maximum absolute atomic E-state index is 12.8. The molecule has 1 aromatic carbocycles. The van der Waals surface area contributed by atoms with Crippen LogP contribution < -0.4 is 5.32 Å². The Labute approximate surface area is 182 Å². The van der Waals surface area contributed by atoms with Gasteiger partial charge in [-0.3, -0.25) is 14.5 Å². The third kappa shape index (κ3) is 5.89. The van der Waals surface area contributed by atoms with Gasteiger partial charge in [0.25, 0.3) is 5.91 Å². The fourth-order valence-electron chi connectivity index (χ4n) is 4.15. The zero-order valence-corrected chi connectivity index (χ0v) is 17.8. The van der Waals surface area contributed by atoms with E-state index in [-0.39, 0.29) is 17.9 Å². The molecule has 9 heteroatoms. The van der Waals surface area contributed by atoms with Gasteiger partial charge in [-0.1, -0.05) is 35.5 Å². The molecule has 2 aliphatic rings. The number of likely N-dealkylation sites (tertiary alicyclic amines) is 1. The van der Waals surface area contributed by atoms with Crippen LogP contribution in [0.15, 0.2) is 36.5 Å². The molecular weight excluding hydrogens is 396 g/mol. The second-order valence-corrected chi connectivity index (χ2v) is 8.08. The maximum atomic E-state index is 12.8. The van der Waals surface area contributed by atoms with Gasteiger partial charge in [0, 0.05) is 39.1 Å². The van der Waals surface area contributed by atoms with E-state index >= 15 is 0 Å². The first kappa shape index (κ1) is 21.5. The molecule has 166 valence electrons. The number of carbonyl (C=O) groups excluding carboxylic acids is 2. The Balaban J connectivity index is 1.26. The van der Waals surface area contributed by atoms with Gasteiger partial charge in [-0.05, 0) is 18.4 Å². The molecule has 2 amide bonds. The number of amides is 2. The molecule has 3 heterocycles. The monoisotopic (exact) mass is 426 g/mol. The third-order valence-electron chi connectivity index (χ3n) is 5.91. The minimum absolute atomic E-state index is 0.0964. The number of carbonyl (C=O) groups is 2. The SMILES string of the molecule is O=C(NCc1ccccc1)c1cn(C[C@@H]2CCCN2C(=O)CCN2CCOCC2)nn1. The van der Waals surface area contributed by atoms with Crippen molar-refractivity contribution in [3.63, 3.8) is 0 Å². The molecular formula is C22H30N6O3. The lowest BCUT2D eigenvalue weighted by Gasteiger charge is -2.28. The third-order valence-corrected chi connectivity index (χ3v) is 5.91. The van der Waals surface area contributed by atoms with Crippen molar-refractivity contribution in [2.24, 2.45) is 0 Å². The summed E-state index contributed by atoms with van der Waals surface area (Å²) in [6, 6.07) is 9.83. The molecule has 1 N–H and O–H groups in total. The van der Waals surface area contributed by atoms with Crippen molar-refractivity contribution in [1.29, 1.82) is 0 Å². The number of benzene rings is 1. The van der Waals surface area contributed by atoms with Crippen LogP contribution in [0.1, 0.15) is 35.3 Å². The summed E-state index contributed by atoms with van der Waals surface area (Å²) in [6.45, 7) is 5.84. The van der Waals surface area contributed by atoms with Crippen LogP contribution in [0.2, 0.25) is 0 Å². The predicted molar refractivity (Wildman–Crippen MR) is 114 cm³/mol. The summed E-state index contributed by atoms with van der Waals surface area (Å²) in [6.07, 6.45) is 4.13. The van der Waals surface area contributed by atoms with Gasteiger partial charge < -0.3 is 15.0 Å². The molecule has 0 bridgehead atoms. The van der Waals surface area contributed by atoms with Crippen LogP contribution in [0.25, 0.3) is 0 Å². The normalized spacial score (nSPS) is 19.5. The number of hydrogen-bond donors (Lipinski definition) is 1. The van der Waals surface area contributed by atoms with Gasteiger partial charge >= 0.3 is 0 Å². The van der Waals surface area contributed by atoms with Gasteiger partial charge in [-0.15, -0.1) is 5.10 Å². The highest BCUT2D eigenvalue weighted by Crippen LogP contribution is 2.20. The van der Waals surface area contributed by atoms with E-state index < -0.39 is 0 Å². The molecule has 31 heavy (non-hydrogen) atoms. The lowest BCUT2D eigenvalue weighted by molar-refractivity contribution is -0.132. The van der Waals surface area contributed by atoms with Gasteiger partial charge in [0.1, 0.15) is 0 Å². The highest BCUT2D eigenvalue weighted by atomic mass is 16.5. The predicted octanol–water partition coefficient (Wildman–Crippen LogP) is 0.921. The Morgan fingerprint density at radius 2 is 1.94 bits per heavy atom. The minimum Gasteiger partial charge on any atom is -0.379 e. The maximum Gasteiger partial charge on any atom is 0.273 e. The standard InChI is InChI=1S/C22H30N6O3/c29-21(8-10-26-11-13-31-14-12-26)28-9-4-7-19(28)16-27-17-20(24-25-27)22(30)23-15-18-5-2-1-3-6-18/h1-3,5-6,17,19H,4,7-16H2,(H,23,30)/t19-/m0/s1. The molecule has 0 radical (unpaired) electrons. The van der Waals surface area contributed by atoms with Crippen molar-refractivity contribution in [2.75, 3.05) is 39.4 Å². The topological polar surface area (TPSA) is 92.6 Å². The number of aromatic nitrogens is 3. The van der Waals surface area contributed by atoms with Gasteiger partial charge in [-0.2, -0.15) is 0 Å². The number of rotatable bonds is 8. The van der Waals surface area contributed by atoms with E-state index in [0.29, 0.717) is 25.2 Å². The number of hydrogen-bond acceptors (Lipinski definition) is 6. The Morgan fingerprint density at radius 1 is 1.13 bits per heavy atom. The average molecular weight is 427 g/mol. The Kier molecular flexibility index (Phi) is 7.26. The van der Waals surface area contributed by atoms with E-state index in [1.54, 1.807) is 10.9 Å². The lowest BCUT2D eigenvalue weighted by Crippen LogP contribution is -2.42. The molecule has 4 rings (SSSR count). The Bertz CT molecular complexity index is 865. The number of nitrogens with zero attached hydrogens (tertiary/aromatic N) is 5. The molecule has 1 atom stereocenters. The fraction of sp³-hybridized carbons (Fsp3) is 0.545. The van der Waals surface area contributed by atoms with Crippen molar-refractivity contribution in [3.05, 3.63) is 47.8 Å². The number of nitrogens with one attached hydrogen (secondary N) is 1. The summed E-state index contributed by atoms with van der Waals surface area (Å²) in [5.41, 5.74) is 1.32. The summed E-state index contributed by atoms with van der Waals surface area (Å²) < 4.78 is 7.04. The molecule has 0 spiro atoms. The molecule has 2 aliphatic heterocycles. The van der Waals surface area contributed by atoms with Crippen LogP contribution in [-0.2, 0) is 22.6 Å². The summed E-state index contributed by atoms with van der Waals surface area (Å²) in [5.74, 6) is -0.0603. The second kappa shape index (κ2) is 10.5. The first-order valence-electron chi connectivity index (χ1n) is 11.0. The smallest absolute Gasteiger partial charge is 0.273 e. The highest BCUT2D eigenvalue weighted by Gasteiger charge is 2.29. The van der Waals surface area contributed by atoms with E-state index in [9.17, 15) is 9.59 Å². The zero-order chi connectivity index (χ0) is 21.5. The lowest BCUT2D eigenvalue weighted by atomic mass is 10.2. The zero-order valence-electron chi connectivity index (χ0n) is 17.8. The molecule has 1 aromatic heterocycles. The molecule has 0 unspecified atom stereocenters. The largest absolute Gasteiger partial charge is 0.379 e. The van der Waals surface area contributed by atoms with Gasteiger partial charge in [0.15, 0.2) is 5.69 Å². The molecule has 2 aromatic rings. The molecule has 0 aliphatic carbocycles. The molecule has 2 saturated heterocycles. The van der Waals surface area contributed by atoms with E-state index in [2.05, 4.69) is 20.5 Å². The van der Waals surface area contributed by atoms with Crippen LogP contribution in [0.5, 0.6) is 0 Å². The van der Waals surface area contributed by atoms with Crippen molar-refractivity contribution < 1.29 is 14.3 Å². The molecule has 0 saturated carbocycles. The summed E-state index contributed by atoms with van der Waals surface area (Å²) >= 11 is 0. The van der Waals surface area contributed by atoms with E-state index in [1.165, 1.54) is 0 Å². The minimum atomic E-state index is -0.250. The highest BCUT2D eigenvalue weighted by molar-refractivity contribution is 5.91. The first-order valence-corrected chi connectivity index (χ1v) is 11.0. The Morgan fingerprint density at radius 3 is 2.74 bits per heavy atom. The molecule has 2 fully saturated rings. The van der Waals surface area contributed by atoms with Crippen molar-refractivity contribution in [2.45, 2.75) is 38.4 Å². The van der Waals surface area contributed by atoms with Crippen LogP contribution in [-0.4, -0.2) is 82.0 Å². The van der Waals surface area contributed by atoms with Gasteiger partial charge in [-0.25, -0.2) is 4.68 Å². The van der Waals surface area contributed by atoms with Crippen LogP contribution in [0.3, 0.4) is 0 Å². The van der Waals surface area contributed by atoms with E-state index in [4.69, 9.17) is 4.74 Å². The summed E-state index contributed by atoms with van der Waals surface area (Å²) in [7, 11) is 0. The first-order chi connectivity index (χ1) is 15.2. The average Bonchev–Trinajstić information content (AvgIpc) is 3.47. The number of morpholine rings is 1. The summed E-state index contributed by atoms with van der Waals surface area (Å²) in [4.78, 5) is 29.4. The van der Waals surface area contributed by atoms with E-state index in [0.717, 1.165) is 57.8 Å². The quantitative estimate of drug-likeness (QED) is 0.675. The second-order valence-electron chi connectivity index (χ2n) is 8.08. The molecule has 9 nitrogen and oxygen atoms in total. The van der Waals surface area contributed by atoms with Crippen molar-refractivity contribution in [1.82, 2.24) is 30.1 Å². The fourth-order valence-corrected chi connectivity index (χ4v) is 4.15. The Hall–Kier alpha value is -2.78. The van der Waals surface area contributed by atoms with E-state index in [1.807, 2.05) is 35.2 Å². The van der Waals surface area contributed by atoms with Crippen LogP contribution >= 0.6 is 0 Å². The van der Waals surface area contributed by atoms with Crippen molar-refractivity contribution >= 4 is 11.8 Å². The van der Waals surface area contributed by atoms with Gasteiger partial charge in [0.2, 0.25) is 5.91 Å².